The molecule has 1 fully saturated rings. The molecule has 3 aromatic rings. The number of furan rings is 1. The molecular formula is C30H38FN3O4. The summed E-state index contributed by atoms with van der Waals surface area (Å²) in [5, 5.41) is 0. The Morgan fingerprint density at radius 2 is 1.74 bits per heavy atom. The van der Waals surface area contributed by atoms with E-state index >= 15 is 0 Å². The van der Waals surface area contributed by atoms with E-state index in [1.807, 2.05) is 40.7 Å². The zero-order chi connectivity index (χ0) is 28.2. The Morgan fingerprint density at radius 3 is 2.32 bits per heavy atom. The van der Waals surface area contributed by atoms with Gasteiger partial charge in [-0.3, -0.25) is 4.79 Å². The molecule has 7 nitrogen and oxygen atoms in total. The summed E-state index contributed by atoms with van der Waals surface area (Å²) in [5.74, 6) is -0.323. The summed E-state index contributed by atoms with van der Waals surface area (Å²) >= 11 is 0. The monoisotopic (exact) mass is 523 g/mol. The van der Waals surface area contributed by atoms with E-state index in [0.717, 1.165) is 11.1 Å². The van der Waals surface area contributed by atoms with Crippen LogP contribution in [0.1, 0.15) is 77.1 Å². The lowest BCUT2D eigenvalue weighted by Crippen LogP contribution is -2.62. The van der Waals surface area contributed by atoms with Gasteiger partial charge in [-0.1, -0.05) is 20.8 Å². The standard InChI is InChI=1S/C30H38FN3O4/c1-18-14-19(10-11-21(18)31)22-15-20(28(2,3)4)25-23(32-22)16-24(37-25)26(35)34-13-12-33(17-30(34,8)9)27(36)38-29(5,6)7/h10-11,14-16H,12-13,17H2,1-9H3. The highest BCUT2D eigenvalue weighted by Gasteiger charge is 2.41. The van der Waals surface area contributed by atoms with Crippen LogP contribution in [0.2, 0.25) is 0 Å². The van der Waals surface area contributed by atoms with Crippen LogP contribution in [0.4, 0.5) is 9.18 Å². The van der Waals surface area contributed by atoms with E-state index in [2.05, 4.69) is 20.8 Å². The maximum atomic E-state index is 13.9. The number of hydrogen-bond donors (Lipinski definition) is 0. The topological polar surface area (TPSA) is 75.9 Å². The van der Waals surface area contributed by atoms with Gasteiger partial charge in [-0.15, -0.1) is 0 Å². The molecule has 1 aliphatic heterocycles. The van der Waals surface area contributed by atoms with Gasteiger partial charge in [-0.05, 0) is 76.8 Å². The largest absolute Gasteiger partial charge is 0.449 e. The fourth-order valence-corrected chi connectivity index (χ4v) is 4.78. The van der Waals surface area contributed by atoms with E-state index in [9.17, 15) is 14.0 Å². The number of piperazine rings is 1. The number of rotatable bonds is 2. The summed E-state index contributed by atoms with van der Waals surface area (Å²) in [6, 6.07) is 8.56. The second-order valence-corrected chi connectivity index (χ2v) is 12.8. The fraction of sp³-hybridized carbons (Fsp3) is 0.500. The predicted molar refractivity (Wildman–Crippen MR) is 146 cm³/mol. The average molecular weight is 524 g/mol. The van der Waals surface area contributed by atoms with Crippen molar-refractivity contribution in [2.75, 3.05) is 19.6 Å². The van der Waals surface area contributed by atoms with Gasteiger partial charge in [0.15, 0.2) is 11.3 Å². The molecule has 2 aromatic heterocycles. The smallest absolute Gasteiger partial charge is 0.410 e. The Balaban J connectivity index is 1.68. The number of carbonyl (C=O) groups excluding carboxylic acids is 2. The summed E-state index contributed by atoms with van der Waals surface area (Å²) in [4.78, 5) is 34.5. The lowest BCUT2D eigenvalue weighted by molar-refractivity contribution is -0.0117. The van der Waals surface area contributed by atoms with Gasteiger partial charge in [0.25, 0.3) is 5.91 Å². The number of pyridine rings is 1. The first-order valence-electron chi connectivity index (χ1n) is 13.0. The molecule has 1 saturated heterocycles. The molecule has 4 rings (SSSR count). The quantitative estimate of drug-likeness (QED) is 0.373. The molecule has 1 aromatic carbocycles. The molecule has 204 valence electrons. The van der Waals surface area contributed by atoms with Gasteiger partial charge in [-0.25, -0.2) is 14.2 Å². The molecule has 8 heteroatoms. The molecule has 0 spiro atoms. The van der Waals surface area contributed by atoms with E-state index in [4.69, 9.17) is 14.1 Å². The van der Waals surface area contributed by atoms with Crippen LogP contribution in [-0.4, -0.2) is 57.6 Å². The van der Waals surface area contributed by atoms with E-state index < -0.39 is 11.1 Å². The Kier molecular flexibility index (Phi) is 6.83. The van der Waals surface area contributed by atoms with E-state index in [-0.39, 0.29) is 29.0 Å². The zero-order valence-corrected chi connectivity index (χ0v) is 23.9. The van der Waals surface area contributed by atoms with Crippen molar-refractivity contribution in [3.63, 3.8) is 0 Å². The third-order valence-electron chi connectivity index (χ3n) is 6.75. The Labute approximate surface area is 224 Å². The van der Waals surface area contributed by atoms with Crippen LogP contribution in [-0.2, 0) is 10.2 Å². The number of aryl methyl sites for hydroxylation is 1. The summed E-state index contributed by atoms with van der Waals surface area (Å²) in [6.45, 7) is 18.4. The number of fused-ring (bicyclic) bond motifs is 1. The molecule has 0 aliphatic carbocycles. The average Bonchev–Trinajstić information content (AvgIpc) is 3.21. The third-order valence-corrected chi connectivity index (χ3v) is 6.75. The van der Waals surface area contributed by atoms with Crippen molar-refractivity contribution in [2.45, 2.75) is 78.9 Å². The maximum Gasteiger partial charge on any atom is 0.410 e. The van der Waals surface area contributed by atoms with Crippen LogP contribution in [0, 0.1) is 12.7 Å². The van der Waals surface area contributed by atoms with Gasteiger partial charge in [-0.2, -0.15) is 0 Å². The minimum Gasteiger partial charge on any atom is -0.449 e. The molecule has 0 radical (unpaired) electrons. The van der Waals surface area contributed by atoms with Crippen molar-refractivity contribution in [1.29, 1.82) is 0 Å². The molecule has 0 atom stereocenters. The maximum absolute atomic E-state index is 13.9. The van der Waals surface area contributed by atoms with E-state index in [1.54, 1.807) is 34.9 Å². The fourth-order valence-electron chi connectivity index (χ4n) is 4.78. The molecule has 0 saturated carbocycles. The normalized spacial score (nSPS) is 16.2. The molecule has 0 unspecified atom stereocenters. The SMILES string of the molecule is Cc1cc(-c2cc(C(C)(C)C)c3oc(C(=O)N4CCN(C(=O)OC(C)(C)C)CC4(C)C)cc3n2)ccc1F. The first kappa shape index (κ1) is 27.6. The summed E-state index contributed by atoms with van der Waals surface area (Å²) in [5.41, 5.74) is 2.55. The Bertz CT molecular complexity index is 1390. The Morgan fingerprint density at radius 1 is 1.05 bits per heavy atom. The van der Waals surface area contributed by atoms with Crippen molar-refractivity contribution >= 4 is 23.1 Å². The van der Waals surface area contributed by atoms with Crippen molar-refractivity contribution in [3.8, 4) is 11.3 Å². The summed E-state index contributed by atoms with van der Waals surface area (Å²) in [7, 11) is 0. The lowest BCUT2D eigenvalue weighted by atomic mass is 9.86. The van der Waals surface area contributed by atoms with Crippen molar-refractivity contribution in [3.05, 3.63) is 53.0 Å². The highest BCUT2D eigenvalue weighted by molar-refractivity contribution is 5.97. The molecule has 1 aliphatic rings. The molecule has 0 N–H and O–H groups in total. The summed E-state index contributed by atoms with van der Waals surface area (Å²) in [6.07, 6.45) is -0.385. The van der Waals surface area contributed by atoms with Crippen LogP contribution in [0.25, 0.3) is 22.4 Å². The minimum atomic E-state index is -0.637. The van der Waals surface area contributed by atoms with Crippen LogP contribution in [0.15, 0.2) is 34.7 Å². The zero-order valence-electron chi connectivity index (χ0n) is 23.9. The molecular weight excluding hydrogens is 485 g/mol. The Hall–Kier alpha value is -3.42. The van der Waals surface area contributed by atoms with Crippen molar-refractivity contribution < 1.29 is 23.1 Å². The number of carbonyl (C=O) groups is 2. The highest BCUT2D eigenvalue weighted by atomic mass is 19.1. The summed E-state index contributed by atoms with van der Waals surface area (Å²) < 4.78 is 25.6. The molecule has 0 bridgehead atoms. The van der Waals surface area contributed by atoms with E-state index in [0.29, 0.717) is 42.0 Å². The van der Waals surface area contributed by atoms with Crippen LogP contribution < -0.4 is 0 Å². The molecule has 3 heterocycles. The van der Waals surface area contributed by atoms with Gasteiger partial charge in [0.1, 0.15) is 16.9 Å². The van der Waals surface area contributed by atoms with Crippen LogP contribution in [0.5, 0.6) is 0 Å². The third kappa shape index (κ3) is 5.54. The first-order valence-corrected chi connectivity index (χ1v) is 13.0. The van der Waals surface area contributed by atoms with Gasteiger partial charge >= 0.3 is 6.09 Å². The van der Waals surface area contributed by atoms with Crippen LogP contribution in [0.3, 0.4) is 0 Å². The van der Waals surface area contributed by atoms with Gasteiger partial charge in [0.05, 0.1) is 11.2 Å². The predicted octanol–water partition coefficient (Wildman–Crippen LogP) is 6.71. The number of hydrogen-bond acceptors (Lipinski definition) is 5. The number of amides is 2. The minimum absolute atomic E-state index is 0.198. The number of ether oxygens (including phenoxy) is 1. The van der Waals surface area contributed by atoms with Crippen LogP contribution >= 0.6 is 0 Å². The highest BCUT2D eigenvalue weighted by Crippen LogP contribution is 2.36. The molecule has 2 amide bonds. The first-order chi connectivity index (χ1) is 17.5. The van der Waals surface area contributed by atoms with Gasteiger partial charge < -0.3 is 19.0 Å². The lowest BCUT2D eigenvalue weighted by Gasteiger charge is -2.46. The van der Waals surface area contributed by atoms with Crippen molar-refractivity contribution in [1.82, 2.24) is 14.8 Å². The number of benzene rings is 1. The number of nitrogens with zero attached hydrogens (tertiary/aromatic N) is 3. The van der Waals surface area contributed by atoms with Gasteiger partial charge in [0, 0.05) is 36.8 Å². The van der Waals surface area contributed by atoms with Gasteiger partial charge in [0.2, 0.25) is 0 Å². The second-order valence-electron chi connectivity index (χ2n) is 12.8. The second kappa shape index (κ2) is 9.40. The number of halogens is 1. The molecule has 38 heavy (non-hydrogen) atoms. The van der Waals surface area contributed by atoms with E-state index in [1.165, 1.54) is 6.07 Å². The van der Waals surface area contributed by atoms with Crippen molar-refractivity contribution in [2.24, 2.45) is 0 Å². The number of aromatic nitrogens is 1.